The molecule has 4 heterocycles. The highest BCUT2D eigenvalue weighted by molar-refractivity contribution is 6.39. The number of pyridine rings is 2. The van der Waals surface area contributed by atoms with Gasteiger partial charge in [-0.2, -0.15) is 5.10 Å². The lowest BCUT2D eigenvalue weighted by Gasteiger charge is -2.29. The maximum absolute atomic E-state index is 11.8. The standard InChI is InChI=1S/C28H26Cl2N6O2/c1-38-16-26(37)33-19-5-7-20(8-6-19)36-14-18(13-32-36)17-11-21-24(31-12-17)9-10-35-15-25(34-28(21)35)27-22(29)3-2-4-23(27)30/h2-4,9-15,19-20H,5-8,16H2,1H3,(H,33,37)/t19-,20-. The SMILES string of the molecule is COCC(=O)N[C@H]1CC[C@H](n2cc(-c3cnc4ccn5cc(-c6c(Cl)cccc6Cl)nc5c4c3)cn2)CC1. The van der Waals surface area contributed by atoms with Crippen LogP contribution in [0.15, 0.2) is 61.3 Å². The molecule has 1 aliphatic rings. The van der Waals surface area contributed by atoms with Crippen molar-refractivity contribution >= 4 is 45.7 Å². The molecule has 0 unspecified atom stereocenters. The first kappa shape index (κ1) is 24.9. The third kappa shape index (κ3) is 4.75. The van der Waals surface area contributed by atoms with Crippen LogP contribution < -0.4 is 5.32 Å². The molecule has 1 aliphatic carbocycles. The fourth-order valence-electron chi connectivity index (χ4n) is 5.24. The van der Waals surface area contributed by atoms with Crippen molar-refractivity contribution in [3.63, 3.8) is 0 Å². The Labute approximate surface area is 229 Å². The maximum atomic E-state index is 11.8. The Morgan fingerprint density at radius 2 is 1.87 bits per heavy atom. The van der Waals surface area contributed by atoms with E-state index in [2.05, 4.69) is 22.7 Å². The van der Waals surface area contributed by atoms with Gasteiger partial charge in [-0.05, 0) is 49.9 Å². The molecule has 0 aliphatic heterocycles. The van der Waals surface area contributed by atoms with Gasteiger partial charge in [0, 0.05) is 60.0 Å². The number of aromatic nitrogens is 5. The van der Waals surface area contributed by atoms with E-state index in [-0.39, 0.29) is 18.6 Å². The molecule has 6 rings (SSSR count). The molecule has 194 valence electrons. The van der Waals surface area contributed by atoms with Crippen molar-refractivity contribution in [2.45, 2.75) is 37.8 Å². The number of carbonyl (C=O) groups is 1. The largest absolute Gasteiger partial charge is 0.375 e. The van der Waals surface area contributed by atoms with Gasteiger partial charge in [0.15, 0.2) is 0 Å². The van der Waals surface area contributed by atoms with Gasteiger partial charge >= 0.3 is 0 Å². The van der Waals surface area contributed by atoms with Crippen LogP contribution in [0.25, 0.3) is 38.9 Å². The van der Waals surface area contributed by atoms with Crippen LogP contribution in [0, 0.1) is 0 Å². The Morgan fingerprint density at radius 1 is 1.08 bits per heavy atom. The van der Waals surface area contributed by atoms with Crippen molar-refractivity contribution < 1.29 is 9.53 Å². The molecule has 0 saturated heterocycles. The van der Waals surface area contributed by atoms with Crippen molar-refractivity contribution in [2.24, 2.45) is 0 Å². The minimum absolute atomic E-state index is 0.0604. The number of amides is 1. The molecular weight excluding hydrogens is 523 g/mol. The molecule has 1 fully saturated rings. The highest BCUT2D eigenvalue weighted by atomic mass is 35.5. The van der Waals surface area contributed by atoms with Crippen LogP contribution in [-0.4, -0.2) is 49.8 Å². The fraction of sp³-hybridized carbons (Fsp3) is 0.286. The summed E-state index contributed by atoms with van der Waals surface area (Å²) in [6, 6.07) is 10.0. The van der Waals surface area contributed by atoms with Crippen LogP contribution in [0.4, 0.5) is 0 Å². The first-order valence-electron chi connectivity index (χ1n) is 12.5. The molecule has 38 heavy (non-hydrogen) atoms. The number of fused-ring (bicyclic) bond motifs is 3. The molecule has 1 aromatic carbocycles. The second-order valence-electron chi connectivity index (χ2n) is 9.64. The summed E-state index contributed by atoms with van der Waals surface area (Å²) in [7, 11) is 1.53. The summed E-state index contributed by atoms with van der Waals surface area (Å²) >= 11 is 12.9. The van der Waals surface area contributed by atoms with Crippen molar-refractivity contribution in [1.29, 1.82) is 0 Å². The molecule has 0 radical (unpaired) electrons. The van der Waals surface area contributed by atoms with Crippen LogP contribution in [0.3, 0.4) is 0 Å². The van der Waals surface area contributed by atoms with Gasteiger partial charge in [0.1, 0.15) is 12.3 Å². The molecule has 5 aromatic rings. The van der Waals surface area contributed by atoms with E-state index >= 15 is 0 Å². The predicted octanol–water partition coefficient (Wildman–Crippen LogP) is 5.97. The average Bonchev–Trinajstić information content (AvgIpc) is 3.57. The maximum Gasteiger partial charge on any atom is 0.246 e. The first-order chi connectivity index (χ1) is 18.5. The second kappa shape index (κ2) is 10.4. The van der Waals surface area contributed by atoms with Gasteiger partial charge in [-0.3, -0.25) is 14.5 Å². The number of ether oxygens (including phenoxy) is 1. The fourth-order valence-corrected chi connectivity index (χ4v) is 5.83. The van der Waals surface area contributed by atoms with E-state index in [0.717, 1.165) is 53.4 Å². The van der Waals surface area contributed by atoms with Crippen LogP contribution >= 0.6 is 23.2 Å². The summed E-state index contributed by atoms with van der Waals surface area (Å²) in [6.07, 6.45) is 13.5. The molecule has 1 saturated carbocycles. The smallest absolute Gasteiger partial charge is 0.246 e. The average molecular weight is 549 g/mol. The lowest BCUT2D eigenvalue weighted by Crippen LogP contribution is -2.39. The zero-order valence-electron chi connectivity index (χ0n) is 20.8. The molecule has 10 heteroatoms. The summed E-state index contributed by atoms with van der Waals surface area (Å²) < 4.78 is 8.92. The number of nitrogens with one attached hydrogen (secondary N) is 1. The van der Waals surface area contributed by atoms with Gasteiger partial charge in [-0.1, -0.05) is 29.3 Å². The van der Waals surface area contributed by atoms with Crippen LogP contribution in [0.5, 0.6) is 0 Å². The van der Waals surface area contributed by atoms with Gasteiger partial charge in [0.25, 0.3) is 0 Å². The first-order valence-corrected chi connectivity index (χ1v) is 13.3. The van der Waals surface area contributed by atoms with E-state index in [9.17, 15) is 4.79 Å². The Bertz CT molecular complexity index is 1620. The van der Waals surface area contributed by atoms with E-state index in [4.69, 9.17) is 37.9 Å². The normalized spacial score (nSPS) is 17.8. The Balaban J connectivity index is 1.26. The zero-order valence-corrected chi connectivity index (χ0v) is 22.3. The minimum Gasteiger partial charge on any atom is -0.375 e. The molecule has 1 amide bonds. The summed E-state index contributed by atoms with van der Waals surface area (Å²) in [5.41, 5.74) is 5.02. The highest BCUT2D eigenvalue weighted by Crippen LogP contribution is 2.35. The van der Waals surface area contributed by atoms with Crippen LogP contribution in [0.2, 0.25) is 10.0 Å². The third-order valence-electron chi connectivity index (χ3n) is 7.15. The molecule has 0 atom stereocenters. The Kier molecular flexibility index (Phi) is 6.78. The Morgan fingerprint density at radius 3 is 2.63 bits per heavy atom. The number of halogens is 2. The van der Waals surface area contributed by atoms with Gasteiger partial charge in [-0.15, -0.1) is 0 Å². The molecule has 1 N–H and O–H groups in total. The number of methoxy groups -OCH3 is 1. The number of benzene rings is 1. The molecule has 0 bridgehead atoms. The molecule has 8 nitrogen and oxygen atoms in total. The summed E-state index contributed by atoms with van der Waals surface area (Å²) in [6.45, 7) is 0.0996. The molecule has 4 aromatic heterocycles. The second-order valence-corrected chi connectivity index (χ2v) is 10.5. The Hall–Kier alpha value is -3.46. The summed E-state index contributed by atoms with van der Waals surface area (Å²) in [5, 5.41) is 9.76. The van der Waals surface area contributed by atoms with Crippen molar-refractivity contribution in [3.05, 3.63) is 71.4 Å². The number of nitrogens with zero attached hydrogens (tertiary/aromatic N) is 5. The van der Waals surface area contributed by atoms with E-state index in [1.54, 1.807) is 0 Å². The van der Waals surface area contributed by atoms with E-state index < -0.39 is 0 Å². The number of imidazole rings is 1. The third-order valence-corrected chi connectivity index (χ3v) is 7.78. The van der Waals surface area contributed by atoms with Gasteiger partial charge in [0.05, 0.1) is 33.5 Å². The number of hydrogen-bond donors (Lipinski definition) is 1. The van der Waals surface area contributed by atoms with Crippen molar-refractivity contribution in [2.75, 3.05) is 13.7 Å². The minimum atomic E-state index is -0.0604. The lowest BCUT2D eigenvalue weighted by atomic mass is 9.91. The van der Waals surface area contributed by atoms with Gasteiger partial charge in [0.2, 0.25) is 5.91 Å². The van der Waals surface area contributed by atoms with Crippen molar-refractivity contribution in [1.82, 2.24) is 29.5 Å². The monoisotopic (exact) mass is 548 g/mol. The quantitative estimate of drug-likeness (QED) is 0.282. The lowest BCUT2D eigenvalue weighted by molar-refractivity contribution is -0.125. The molecule has 0 spiro atoms. The highest BCUT2D eigenvalue weighted by Gasteiger charge is 2.24. The number of carbonyl (C=O) groups excluding carboxylic acids is 1. The number of rotatable bonds is 6. The molecular formula is C28H26Cl2N6O2. The summed E-state index contributed by atoms with van der Waals surface area (Å²) in [4.78, 5) is 21.4. The van der Waals surface area contributed by atoms with Crippen LogP contribution in [0.1, 0.15) is 31.7 Å². The van der Waals surface area contributed by atoms with Crippen LogP contribution in [-0.2, 0) is 9.53 Å². The van der Waals surface area contributed by atoms with Gasteiger partial charge < -0.3 is 14.5 Å². The van der Waals surface area contributed by atoms with E-state index in [0.29, 0.717) is 27.3 Å². The number of hydrogen-bond acceptors (Lipinski definition) is 5. The topological polar surface area (TPSA) is 86.3 Å². The zero-order chi connectivity index (χ0) is 26.2. The van der Waals surface area contributed by atoms with E-state index in [1.807, 2.05) is 58.1 Å². The van der Waals surface area contributed by atoms with Gasteiger partial charge in [-0.25, -0.2) is 4.98 Å². The predicted molar refractivity (Wildman–Crippen MR) is 148 cm³/mol. The summed E-state index contributed by atoms with van der Waals surface area (Å²) in [5.74, 6) is -0.0604. The van der Waals surface area contributed by atoms with Crippen molar-refractivity contribution in [3.8, 4) is 22.4 Å². The van der Waals surface area contributed by atoms with E-state index in [1.165, 1.54) is 7.11 Å².